The summed E-state index contributed by atoms with van der Waals surface area (Å²) in [5, 5.41) is 0. The lowest BCUT2D eigenvalue weighted by molar-refractivity contribution is -0.137. The molecule has 3 heteroatoms. The highest BCUT2D eigenvalue weighted by Crippen LogP contribution is 2.18. The minimum Gasteiger partial charge on any atom is -0.466 e. The normalized spacial score (nSPS) is 27.6. The van der Waals surface area contributed by atoms with Crippen molar-refractivity contribution in [3.63, 3.8) is 0 Å². The van der Waals surface area contributed by atoms with Crippen LogP contribution >= 0.6 is 0 Å². The fraction of sp³-hybridized carbons (Fsp3) is 0.800. The lowest BCUT2D eigenvalue weighted by Crippen LogP contribution is -2.05. The van der Waals surface area contributed by atoms with Gasteiger partial charge in [-0.25, -0.2) is 0 Å². The van der Waals surface area contributed by atoms with E-state index in [9.17, 15) is 4.79 Å². The molecular formula is C5H8BO2. The summed E-state index contributed by atoms with van der Waals surface area (Å²) < 4.78 is 4.69. The van der Waals surface area contributed by atoms with Gasteiger partial charge in [0.2, 0.25) is 0 Å². The quantitative estimate of drug-likeness (QED) is 0.363. The number of carbonyl (C=O) groups is 1. The van der Waals surface area contributed by atoms with Crippen LogP contribution in [0.5, 0.6) is 0 Å². The molecule has 0 aromatic rings. The molecule has 0 saturated carbocycles. The molecule has 0 aromatic carbocycles. The van der Waals surface area contributed by atoms with Gasteiger partial charge in [0, 0.05) is 5.82 Å². The summed E-state index contributed by atoms with van der Waals surface area (Å²) in [6.45, 7) is 2.49. The Morgan fingerprint density at radius 2 is 2.62 bits per heavy atom. The summed E-state index contributed by atoms with van der Waals surface area (Å²) in [6, 6.07) is 0. The third-order valence-electron chi connectivity index (χ3n) is 1.38. The van der Waals surface area contributed by atoms with Crippen LogP contribution in [0.2, 0.25) is 12.6 Å². The Labute approximate surface area is 49.5 Å². The summed E-state index contributed by atoms with van der Waals surface area (Å²) in [6.07, 6.45) is 0.870. The molecule has 1 rings (SSSR count). The van der Waals surface area contributed by atoms with Gasteiger partial charge in [0.05, 0.1) is 6.61 Å². The Morgan fingerprint density at radius 1 is 1.88 bits per heavy atom. The SMILES string of the molecule is C[B]C1CCOC1=O. The monoisotopic (exact) mass is 111 g/mol. The van der Waals surface area contributed by atoms with Crippen molar-refractivity contribution < 1.29 is 9.53 Å². The van der Waals surface area contributed by atoms with Crippen molar-refractivity contribution in [1.82, 2.24) is 0 Å². The second-order valence-electron chi connectivity index (χ2n) is 1.90. The molecule has 1 aliphatic heterocycles. The Bertz CT molecular complexity index is 103. The summed E-state index contributed by atoms with van der Waals surface area (Å²) in [7, 11) is 1.88. The van der Waals surface area contributed by atoms with Gasteiger partial charge in [-0.1, -0.05) is 6.82 Å². The molecule has 1 radical (unpaired) electrons. The minimum atomic E-state index is -0.0625. The van der Waals surface area contributed by atoms with Gasteiger partial charge in [0.1, 0.15) is 7.28 Å². The first kappa shape index (κ1) is 5.67. The zero-order valence-electron chi connectivity index (χ0n) is 4.89. The smallest absolute Gasteiger partial charge is 0.300 e. The van der Waals surface area contributed by atoms with Crippen LogP contribution in [0.25, 0.3) is 0 Å². The van der Waals surface area contributed by atoms with Crippen molar-refractivity contribution in [2.75, 3.05) is 6.61 Å². The van der Waals surface area contributed by atoms with E-state index < -0.39 is 0 Å². The Balaban J connectivity index is 2.42. The molecule has 1 atom stereocenters. The molecule has 0 bridgehead atoms. The molecule has 1 heterocycles. The van der Waals surface area contributed by atoms with Crippen molar-refractivity contribution in [2.24, 2.45) is 0 Å². The standard InChI is InChI=1S/C5H8BO2/c1-6-4-2-3-8-5(4)7/h4H,2-3H2,1H3. The molecule has 0 amide bonds. The van der Waals surface area contributed by atoms with E-state index in [2.05, 4.69) is 4.74 Å². The summed E-state index contributed by atoms with van der Waals surface area (Å²) in [5.41, 5.74) is 0. The minimum absolute atomic E-state index is 0.0625. The van der Waals surface area contributed by atoms with Crippen LogP contribution in [0.4, 0.5) is 0 Å². The number of rotatable bonds is 1. The fourth-order valence-electron chi connectivity index (χ4n) is 0.814. The maximum absolute atomic E-state index is 10.6. The van der Waals surface area contributed by atoms with Crippen molar-refractivity contribution in [3.05, 3.63) is 0 Å². The maximum Gasteiger partial charge on any atom is 0.300 e. The molecule has 43 valence electrons. The van der Waals surface area contributed by atoms with Gasteiger partial charge < -0.3 is 4.74 Å². The second kappa shape index (κ2) is 2.20. The predicted octanol–water partition coefficient (Wildman–Crippen LogP) is 0.474. The molecule has 0 aliphatic carbocycles. The van der Waals surface area contributed by atoms with Gasteiger partial charge in [-0.05, 0) is 6.42 Å². The topological polar surface area (TPSA) is 26.3 Å². The first-order valence-corrected chi connectivity index (χ1v) is 2.80. The van der Waals surface area contributed by atoms with Gasteiger partial charge in [-0.15, -0.1) is 0 Å². The van der Waals surface area contributed by atoms with Gasteiger partial charge in [0.15, 0.2) is 0 Å². The Morgan fingerprint density at radius 3 is 2.88 bits per heavy atom. The predicted molar refractivity (Wildman–Crippen MR) is 30.9 cm³/mol. The molecule has 1 saturated heterocycles. The lowest BCUT2D eigenvalue weighted by atomic mass is 9.66. The van der Waals surface area contributed by atoms with Gasteiger partial charge in [-0.2, -0.15) is 0 Å². The third kappa shape index (κ3) is 0.856. The molecule has 1 aliphatic rings. The Hall–Kier alpha value is -0.465. The number of carbonyl (C=O) groups excluding carboxylic acids is 1. The van der Waals surface area contributed by atoms with Crippen LogP contribution < -0.4 is 0 Å². The van der Waals surface area contributed by atoms with Gasteiger partial charge in [-0.3, -0.25) is 4.79 Å². The lowest BCUT2D eigenvalue weighted by Gasteiger charge is -1.94. The molecular weight excluding hydrogens is 103 g/mol. The van der Waals surface area contributed by atoms with E-state index in [1.54, 1.807) is 0 Å². The first-order valence-electron chi connectivity index (χ1n) is 2.80. The summed E-state index contributed by atoms with van der Waals surface area (Å²) >= 11 is 0. The molecule has 0 aromatic heterocycles. The number of cyclic esters (lactones) is 1. The molecule has 0 N–H and O–H groups in total. The highest BCUT2D eigenvalue weighted by molar-refractivity contribution is 6.42. The van der Waals surface area contributed by atoms with E-state index in [1.807, 2.05) is 14.1 Å². The van der Waals surface area contributed by atoms with Gasteiger partial charge >= 0.3 is 5.97 Å². The molecule has 1 unspecified atom stereocenters. The van der Waals surface area contributed by atoms with Crippen molar-refractivity contribution in [1.29, 1.82) is 0 Å². The maximum atomic E-state index is 10.6. The van der Waals surface area contributed by atoms with Crippen LogP contribution in [-0.2, 0) is 9.53 Å². The van der Waals surface area contributed by atoms with Crippen LogP contribution in [0.3, 0.4) is 0 Å². The second-order valence-corrected chi connectivity index (χ2v) is 1.90. The number of esters is 1. The van der Waals surface area contributed by atoms with E-state index in [0.29, 0.717) is 6.61 Å². The van der Waals surface area contributed by atoms with Crippen LogP contribution in [0.15, 0.2) is 0 Å². The van der Waals surface area contributed by atoms with Crippen molar-refractivity contribution >= 4 is 13.2 Å². The highest BCUT2D eigenvalue weighted by Gasteiger charge is 2.23. The number of hydrogen-bond acceptors (Lipinski definition) is 2. The fourth-order valence-corrected chi connectivity index (χ4v) is 0.814. The van der Waals surface area contributed by atoms with Crippen LogP contribution in [0, 0.1) is 0 Å². The number of ether oxygens (including phenoxy) is 1. The summed E-state index contributed by atoms with van der Waals surface area (Å²) in [5.74, 6) is 0.0162. The highest BCUT2D eigenvalue weighted by atomic mass is 16.5. The van der Waals surface area contributed by atoms with E-state index >= 15 is 0 Å². The van der Waals surface area contributed by atoms with Crippen molar-refractivity contribution in [2.45, 2.75) is 19.1 Å². The molecule has 1 fully saturated rings. The van der Waals surface area contributed by atoms with E-state index in [0.717, 1.165) is 6.42 Å². The van der Waals surface area contributed by atoms with E-state index in [4.69, 9.17) is 0 Å². The van der Waals surface area contributed by atoms with Gasteiger partial charge in [0.25, 0.3) is 0 Å². The van der Waals surface area contributed by atoms with Crippen LogP contribution in [-0.4, -0.2) is 19.9 Å². The average Bonchev–Trinajstić information content (AvgIpc) is 2.14. The summed E-state index contributed by atoms with van der Waals surface area (Å²) in [4.78, 5) is 10.6. The largest absolute Gasteiger partial charge is 0.466 e. The zero-order chi connectivity index (χ0) is 5.98. The third-order valence-corrected chi connectivity index (χ3v) is 1.38. The number of hydrogen-bond donors (Lipinski definition) is 0. The Kier molecular flexibility index (Phi) is 1.56. The molecule has 2 nitrogen and oxygen atoms in total. The molecule has 8 heavy (non-hydrogen) atoms. The zero-order valence-corrected chi connectivity index (χ0v) is 4.89. The first-order chi connectivity index (χ1) is 3.84. The molecule has 0 spiro atoms. The van der Waals surface area contributed by atoms with E-state index in [1.165, 1.54) is 0 Å². The van der Waals surface area contributed by atoms with Crippen LogP contribution in [0.1, 0.15) is 6.42 Å². The average molecular weight is 111 g/mol. The van der Waals surface area contributed by atoms with E-state index in [-0.39, 0.29) is 11.8 Å². The van der Waals surface area contributed by atoms with Crippen molar-refractivity contribution in [3.8, 4) is 0 Å².